The Morgan fingerprint density at radius 3 is 2.28 bits per heavy atom. The average Bonchev–Trinajstić information content (AvgIpc) is 2.58. The highest BCUT2D eigenvalue weighted by Crippen LogP contribution is 2.37. The predicted octanol–water partition coefficient (Wildman–Crippen LogP) is 3.80. The van der Waals surface area contributed by atoms with Gasteiger partial charge in [0, 0.05) is 17.1 Å². The average molecular weight is 285 g/mol. The molecule has 1 aromatic heterocycles. The molecule has 1 aromatic rings. The van der Waals surface area contributed by atoms with Crippen molar-refractivity contribution in [3.63, 3.8) is 0 Å². The highest BCUT2D eigenvalue weighted by molar-refractivity contribution is 7.80. The standard InChI is InChI=1S/C14H23NOS2/c1-11-12(2)18-13(16)15(11)9-14(10-17)7-5-3-4-6-8-14/h17H,3-10H2,1-2H3. The number of rotatable bonds is 3. The summed E-state index contributed by atoms with van der Waals surface area (Å²) in [6, 6.07) is 0. The van der Waals surface area contributed by atoms with E-state index in [-0.39, 0.29) is 10.3 Å². The Morgan fingerprint density at radius 1 is 1.22 bits per heavy atom. The summed E-state index contributed by atoms with van der Waals surface area (Å²) in [4.78, 5) is 13.4. The SMILES string of the molecule is Cc1sc(=O)n(CC2(CS)CCCCCC2)c1C. The van der Waals surface area contributed by atoms with E-state index in [1.807, 2.05) is 11.5 Å². The molecule has 1 fully saturated rings. The molecule has 0 aliphatic heterocycles. The number of nitrogens with zero attached hydrogens (tertiary/aromatic N) is 1. The second kappa shape index (κ2) is 5.83. The number of aromatic nitrogens is 1. The summed E-state index contributed by atoms with van der Waals surface area (Å²) in [5, 5.41) is 0. The van der Waals surface area contributed by atoms with Crippen molar-refractivity contribution >= 4 is 24.0 Å². The van der Waals surface area contributed by atoms with Gasteiger partial charge in [0.25, 0.3) is 0 Å². The molecule has 4 heteroatoms. The van der Waals surface area contributed by atoms with E-state index in [2.05, 4.69) is 19.6 Å². The minimum absolute atomic E-state index is 0.204. The van der Waals surface area contributed by atoms with Crippen molar-refractivity contribution in [3.8, 4) is 0 Å². The van der Waals surface area contributed by atoms with Gasteiger partial charge in [-0.2, -0.15) is 12.6 Å². The highest BCUT2D eigenvalue weighted by atomic mass is 32.1. The van der Waals surface area contributed by atoms with Gasteiger partial charge in [-0.15, -0.1) is 0 Å². The lowest BCUT2D eigenvalue weighted by Crippen LogP contribution is -2.32. The molecule has 0 bridgehead atoms. The maximum Gasteiger partial charge on any atom is 0.307 e. The zero-order valence-electron chi connectivity index (χ0n) is 11.4. The van der Waals surface area contributed by atoms with Gasteiger partial charge in [0.05, 0.1) is 0 Å². The molecular weight excluding hydrogens is 262 g/mol. The maximum atomic E-state index is 12.0. The first kappa shape index (κ1) is 14.2. The fraction of sp³-hybridized carbons (Fsp3) is 0.786. The molecule has 0 atom stereocenters. The first-order chi connectivity index (χ1) is 8.58. The van der Waals surface area contributed by atoms with E-state index in [1.54, 1.807) is 0 Å². The molecule has 2 rings (SSSR count). The van der Waals surface area contributed by atoms with Gasteiger partial charge in [0.15, 0.2) is 0 Å². The zero-order chi connectivity index (χ0) is 13.2. The Kier molecular flexibility index (Phi) is 4.59. The number of hydrogen-bond acceptors (Lipinski definition) is 3. The van der Waals surface area contributed by atoms with E-state index < -0.39 is 0 Å². The number of hydrogen-bond donors (Lipinski definition) is 1. The molecule has 0 N–H and O–H groups in total. The predicted molar refractivity (Wildman–Crippen MR) is 82.0 cm³/mol. The van der Waals surface area contributed by atoms with Gasteiger partial charge in [0.2, 0.25) is 0 Å². The first-order valence-electron chi connectivity index (χ1n) is 6.86. The van der Waals surface area contributed by atoms with Crippen LogP contribution in [0, 0.1) is 19.3 Å². The van der Waals surface area contributed by atoms with Gasteiger partial charge in [-0.1, -0.05) is 37.0 Å². The molecule has 1 aliphatic carbocycles. The van der Waals surface area contributed by atoms with E-state index in [0.29, 0.717) is 0 Å². The lowest BCUT2D eigenvalue weighted by molar-refractivity contribution is 0.238. The third-order valence-electron chi connectivity index (χ3n) is 4.37. The molecule has 0 radical (unpaired) electrons. The number of thiol groups is 1. The first-order valence-corrected chi connectivity index (χ1v) is 8.31. The van der Waals surface area contributed by atoms with Crippen LogP contribution in [0.3, 0.4) is 0 Å². The molecule has 1 aliphatic rings. The van der Waals surface area contributed by atoms with Crippen LogP contribution in [0.1, 0.15) is 49.1 Å². The summed E-state index contributed by atoms with van der Waals surface area (Å²) in [7, 11) is 0. The molecule has 2 nitrogen and oxygen atoms in total. The Hall–Kier alpha value is -0.220. The molecule has 0 spiro atoms. The molecule has 0 aromatic carbocycles. The fourth-order valence-electron chi connectivity index (χ4n) is 2.95. The minimum Gasteiger partial charge on any atom is -0.302 e. The smallest absolute Gasteiger partial charge is 0.302 e. The summed E-state index contributed by atoms with van der Waals surface area (Å²) < 4.78 is 1.99. The molecule has 0 unspecified atom stereocenters. The fourth-order valence-corrected chi connectivity index (χ4v) is 4.20. The van der Waals surface area contributed by atoms with Crippen LogP contribution >= 0.6 is 24.0 Å². The number of aryl methyl sites for hydroxylation is 1. The summed E-state index contributed by atoms with van der Waals surface area (Å²) in [5.74, 6) is 0.897. The molecule has 0 amide bonds. The molecule has 18 heavy (non-hydrogen) atoms. The van der Waals surface area contributed by atoms with E-state index >= 15 is 0 Å². The van der Waals surface area contributed by atoms with Crippen LogP contribution in [0.2, 0.25) is 0 Å². The lowest BCUT2D eigenvalue weighted by Gasteiger charge is -2.31. The normalized spacial score (nSPS) is 19.7. The van der Waals surface area contributed by atoms with Crippen molar-refractivity contribution in [2.24, 2.45) is 5.41 Å². The second-order valence-electron chi connectivity index (χ2n) is 5.67. The second-order valence-corrected chi connectivity index (χ2v) is 7.15. The van der Waals surface area contributed by atoms with E-state index in [1.165, 1.54) is 49.9 Å². The molecule has 0 saturated heterocycles. The summed E-state index contributed by atoms with van der Waals surface area (Å²) in [5.41, 5.74) is 1.39. The van der Waals surface area contributed by atoms with Crippen LogP contribution < -0.4 is 4.87 Å². The van der Waals surface area contributed by atoms with Crippen LogP contribution in [0.4, 0.5) is 0 Å². The largest absolute Gasteiger partial charge is 0.307 e. The van der Waals surface area contributed by atoms with Gasteiger partial charge in [-0.3, -0.25) is 4.79 Å². The van der Waals surface area contributed by atoms with E-state index in [4.69, 9.17) is 0 Å². The van der Waals surface area contributed by atoms with Crippen molar-refractivity contribution in [1.29, 1.82) is 0 Å². The van der Waals surface area contributed by atoms with Crippen LogP contribution in [0.15, 0.2) is 4.79 Å². The molecule has 102 valence electrons. The Morgan fingerprint density at radius 2 is 1.83 bits per heavy atom. The molecule has 1 heterocycles. The van der Waals surface area contributed by atoms with E-state index in [0.717, 1.165) is 22.9 Å². The maximum absolute atomic E-state index is 12.0. The van der Waals surface area contributed by atoms with Gasteiger partial charge in [-0.25, -0.2) is 0 Å². The summed E-state index contributed by atoms with van der Waals surface area (Å²) in [6.45, 7) is 4.97. The third kappa shape index (κ3) is 2.85. The topological polar surface area (TPSA) is 22.0 Å². The zero-order valence-corrected chi connectivity index (χ0v) is 13.1. The highest BCUT2D eigenvalue weighted by Gasteiger charge is 2.31. The van der Waals surface area contributed by atoms with Gasteiger partial charge in [0.1, 0.15) is 0 Å². The van der Waals surface area contributed by atoms with Crippen LogP contribution in [0.5, 0.6) is 0 Å². The summed E-state index contributed by atoms with van der Waals surface area (Å²) in [6.07, 6.45) is 7.70. The summed E-state index contributed by atoms with van der Waals surface area (Å²) >= 11 is 5.97. The van der Waals surface area contributed by atoms with Gasteiger partial charge >= 0.3 is 4.87 Å². The minimum atomic E-state index is 0.204. The lowest BCUT2D eigenvalue weighted by atomic mass is 9.82. The monoisotopic (exact) mass is 285 g/mol. The van der Waals surface area contributed by atoms with Crippen LogP contribution in [-0.4, -0.2) is 10.3 Å². The Bertz CT molecular complexity index is 453. The van der Waals surface area contributed by atoms with Crippen molar-refractivity contribution in [3.05, 3.63) is 20.2 Å². The van der Waals surface area contributed by atoms with Gasteiger partial charge in [-0.05, 0) is 37.9 Å². The van der Waals surface area contributed by atoms with Crippen LogP contribution in [0.25, 0.3) is 0 Å². The Labute approximate surface area is 119 Å². The number of thiazole rings is 1. The van der Waals surface area contributed by atoms with Crippen molar-refractivity contribution in [2.75, 3.05) is 5.75 Å². The quantitative estimate of drug-likeness (QED) is 0.662. The van der Waals surface area contributed by atoms with Crippen molar-refractivity contribution in [2.45, 2.75) is 58.9 Å². The van der Waals surface area contributed by atoms with Crippen molar-refractivity contribution in [1.82, 2.24) is 4.57 Å². The van der Waals surface area contributed by atoms with Crippen molar-refractivity contribution < 1.29 is 0 Å². The third-order valence-corrected chi connectivity index (χ3v) is 6.04. The van der Waals surface area contributed by atoms with E-state index in [9.17, 15) is 4.79 Å². The molecule has 1 saturated carbocycles. The van der Waals surface area contributed by atoms with Crippen LogP contribution in [-0.2, 0) is 6.54 Å². The Balaban J connectivity index is 2.26. The van der Waals surface area contributed by atoms with Gasteiger partial charge < -0.3 is 4.57 Å². The molecular formula is C14H23NOS2.